The van der Waals surface area contributed by atoms with E-state index in [1.54, 1.807) is 6.20 Å². The molecule has 0 unspecified atom stereocenters. The summed E-state index contributed by atoms with van der Waals surface area (Å²) in [5, 5.41) is 26.4. The first-order chi connectivity index (χ1) is 13.7. The van der Waals surface area contributed by atoms with Gasteiger partial charge in [0, 0.05) is 12.3 Å². The molecule has 0 amide bonds. The monoisotopic (exact) mass is 399 g/mol. The highest BCUT2D eigenvalue weighted by atomic mass is 16.3. The van der Waals surface area contributed by atoms with Crippen molar-refractivity contribution in [3.8, 4) is 0 Å². The summed E-state index contributed by atoms with van der Waals surface area (Å²) in [5.41, 5.74) is -0.913. The molecule has 4 fully saturated rings. The third-order valence-corrected chi connectivity index (χ3v) is 9.97. The van der Waals surface area contributed by atoms with E-state index in [0.717, 1.165) is 48.9 Å². The second-order valence-electron chi connectivity index (χ2n) is 11.8. The van der Waals surface area contributed by atoms with Crippen LogP contribution in [0.3, 0.4) is 0 Å². The van der Waals surface area contributed by atoms with Crippen LogP contribution in [-0.2, 0) is 6.54 Å². The molecule has 4 aliphatic carbocycles. The van der Waals surface area contributed by atoms with Crippen molar-refractivity contribution in [3.05, 3.63) is 18.5 Å². The molecule has 9 atom stereocenters. The molecule has 1 aromatic rings. The predicted molar refractivity (Wildman–Crippen MR) is 113 cm³/mol. The average molecular weight is 400 g/mol. The fraction of sp³-hybridized carbons (Fsp3) is 0.880. The molecule has 0 saturated heterocycles. The van der Waals surface area contributed by atoms with Gasteiger partial charge in [0.05, 0.1) is 23.9 Å². The van der Waals surface area contributed by atoms with Crippen molar-refractivity contribution in [1.82, 2.24) is 9.78 Å². The van der Waals surface area contributed by atoms with Gasteiger partial charge in [0.2, 0.25) is 0 Å². The summed E-state index contributed by atoms with van der Waals surface area (Å²) in [6.45, 7) is 7.15. The first-order valence-electron chi connectivity index (χ1n) is 12.0. The van der Waals surface area contributed by atoms with Crippen LogP contribution in [0, 0.1) is 47.0 Å². The summed E-state index contributed by atoms with van der Waals surface area (Å²) in [6.07, 6.45) is 14.4. The van der Waals surface area contributed by atoms with Gasteiger partial charge in [0.1, 0.15) is 0 Å². The molecule has 5 rings (SSSR count). The Labute approximate surface area is 176 Å². The van der Waals surface area contributed by atoms with E-state index in [4.69, 9.17) is 0 Å². The van der Waals surface area contributed by atoms with Crippen LogP contribution in [0.2, 0.25) is 0 Å². The minimum Gasteiger partial charge on any atom is -0.390 e. The number of aliphatic hydroxyl groups is 2. The predicted octanol–water partition coefficient (Wildman–Crippen LogP) is 4.45. The highest BCUT2D eigenvalue weighted by Gasteiger charge is 2.60. The van der Waals surface area contributed by atoms with Gasteiger partial charge in [-0.25, -0.2) is 0 Å². The van der Waals surface area contributed by atoms with Crippen molar-refractivity contribution < 1.29 is 10.2 Å². The van der Waals surface area contributed by atoms with Crippen LogP contribution in [0.15, 0.2) is 12.4 Å². The summed E-state index contributed by atoms with van der Waals surface area (Å²) in [7, 11) is 0. The first kappa shape index (κ1) is 20.1. The molecule has 1 heterocycles. The molecule has 0 aliphatic heterocycles. The summed E-state index contributed by atoms with van der Waals surface area (Å²) >= 11 is 0. The van der Waals surface area contributed by atoms with Gasteiger partial charge in [-0.3, -0.25) is 4.68 Å². The Morgan fingerprint density at radius 1 is 1.07 bits per heavy atom. The zero-order valence-corrected chi connectivity index (χ0v) is 18.5. The topological polar surface area (TPSA) is 58.3 Å². The molecule has 4 saturated carbocycles. The lowest BCUT2D eigenvalue weighted by Crippen LogP contribution is -2.53. The Morgan fingerprint density at radius 2 is 1.86 bits per heavy atom. The SMILES string of the molecule is C[C@@]1(O)CC[C@H]2[C@H](CC[C@@H]3[C@@H]2CC[C@@]2(C)[C@H]3CC[C@@H]2[C@](C)(O)Cn2c[c]cn2)C1. The van der Waals surface area contributed by atoms with E-state index in [9.17, 15) is 10.2 Å². The maximum absolute atomic E-state index is 11.5. The van der Waals surface area contributed by atoms with Crippen LogP contribution in [-0.4, -0.2) is 31.2 Å². The van der Waals surface area contributed by atoms with Gasteiger partial charge >= 0.3 is 0 Å². The molecule has 4 aliphatic rings. The molecule has 29 heavy (non-hydrogen) atoms. The highest BCUT2D eigenvalue weighted by Crippen LogP contribution is 2.66. The largest absolute Gasteiger partial charge is 0.390 e. The molecule has 0 aromatic carbocycles. The standard InChI is InChI=1S/C25H39N2O2/c1-23(28)11-9-18-17(15-23)5-6-20-19(18)10-12-24(2)21(20)7-8-22(24)25(3,29)16-27-14-4-13-26-27/h13-14,17-22,28-29H,5-12,15-16H2,1-3H3/t17-,18+,19-,20-,21+,22+,23-,24+,25-/m1/s1. The smallest absolute Gasteiger partial charge is 0.0848 e. The fourth-order valence-corrected chi connectivity index (χ4v) is 8.89. The molecule has 0 bridgehead atoms. The van der Waals surface area contributed by atoms with E-state index in [0.29, 0.717) is 12.5 Å². The first-order valence-corrected chi connectivity index (χ1v) is 12.0. The number of hydrogen-bond acceptors (Lipinski definition) is 3. The molecule has 4 heteroatoms. The summed E-state index contributed by atoms with van der Waals surface area (Å²) in [4.78, 5) is 0. The number of nitrogens with zero attached hydrogens (tertiary/aromatic N) is 2. The Bertz CT molecular complexity index is 727. The summed E-state index contributed by atoms with van der Waals surface area (Å²) in [5.74, 6) is 4.35. The van der Waals surface area contributed by atoms with Crippen molar-refractivity contribution >= 4 is 0 Å². The number of hydrogen-bond donors (Lipinski definition) is 2. The summed E-state index contributed by atoms with van der Waals surface area (Å²) in [6, 6.07) is 3.00. The molecular weight excluding hydrogens is 360 g/mol. The van der Waals surface area contributed by atoms with Crippen LogP contribution in [0.25, 0.3) is 0 Å². The second kappa shape index (κ2) is 6.82. The molecule has 2 N–H and O–H groups in total. The maximum atomic E-state index is 11.5. The van der Waals surface area contributed by atoms with E-state index >= 15 is 0 Å². The molecular formula is C25H39N2O2. The van der Waals surface area contributed by atoms with Gasteiger partial charge in [0.15, 0.2) is 0 Å². The lowest BCUT2D eigenvalue weighted by molar-refractivity contribution is -0.126. The number of aromatic nitrogens is 2. The number of rotatable bonds is 3. The van der Waals surface area contributed by atoms with Crippen LogP contribution in [0.4, 0.5) is 0 Å². The van der Waals surface area contributed by atoms with E-state index in [1.165, 1.54) is 38.5 Å². The molecule has 4 nitrogen and oxygen atoms in total. The average Bonchev–Trinajstić information content (AvgIpc) is 3.27. The van der Waals surface area contributed by atoms with E-state index in [1.807, 2.05) is 24.7 Å². The van der Waals surface area contributed by atoms with Crippen molar-refractivity contribution in [2.75, 3.05) is 0 Å². The normalized spacial score (nSPS) is 49.0. The minimum absolute atomic E-state index is 0.245. The van der Waals surface area contributed by atoms with Crippen LogP contribution >= 0.6 is 0 Å². The zero-order chi connectivity index (χ0) is 20.4. The van der Waals surface area contributed by atoms with Gasteiger partial charge in [-0.2, -0.15) is 5.10 Å². The Balaban J connectivity index is 1.35. The van der Waals surface area contributed by atoms with Gasteiger partial charge < -0.3 is 10.2 Å². The van der Waals surface area contributed by atoms with Crippen molar-refractivity contribution in [2.45, 2.75) is 96.3 Å². The van der Waals surface area contributed by atoms with Crippen LogP contribution in [0.5, 0.6) is 0 Å². The number of fused-ring (bicyclic) bond motifs is 5. The molecule has 1 radical (unpaired) electrons. The Kier molecular flexibility index (Phi) is 4.71. The lowest BCUT2D eigenvalue weighted by atomic mass is 9.48. The van der Waals surface area contributed by atoms with Gasteiger partial charge in [-0.1, -0.05) is 6.92 Å². The van der Waals surface area contributed by atoms with E-state index in [-0.39, 0.29) is 5.41 Å². The van der Waals surface area contributed by atoms with Gasteiger partial charge in [-0.05, 0) is 113 Å². The minimum atomic E-state index is -0.725. The fourth-order valence-electron chi connectivity index (χ4n) is 8.89. The van der Waals surface area contributed by atoms with Crippen LogP contribution in [0.1, 0.15) is 78.6 Å². The summed E-state index contributed by atoms with van der Waals surface area (Å²) < 4.78 is 1.85. The van der Waals surface area contributed by atoms with Crippen molar-refractivity contribution in [2.24, 2.45) is 40.9 Å². The van der Waals surface area contributed by atoms with Crippen LogP contribution < -0.4 is 0 Å². The third-order valence-electron chi connectivity index (χ3n) is 9.97. The maximum Gasteiger partial charge on any atom is 0.0848 e. The second-order valence-corrected chi connectivity index (χ2v) is 11.8. The van der Waals surface area contributed by atoms with Gasteiger partial charge in [-0.15, -0.1) is 0 Å². The third kappa shape index (κ3) is 3.29. The van der Waals surface area contributed by atoms with E-state index in [2.05, 4.69) is 18.1 Å². The van der Waals surface area contributed by atoms with Gasteiger partial charge in [0.25, 0.3) is 0 Å². The quantitative estimate of drug-likeness (QED) is 0.789. The Morgan fingerprint density at radius 3 is 2.62 bits per heavy atom. The zero-order valence-electron chi connectivity index (χ0n) is 18.5. The Hall–Kier alpha value is -0.870. The molecule has 1 aromatic heterocycles. The molecule has 0 spiro atoms. The highest BCUT2D eigenvalue weighted by molar-refractivity contribution is 5.09. The van der Waals surface area contributed by atoms with Crippen molar-refractivity contribution in [1.29, 1.82) is 0 Å². The van der Waals surface area contributed by atoms with E-state index < -0.39 is 11.2 Å². The molecule has 161 valence electrons. The van der Waals surface area contributed by atoms with Crippen molar-refractivity contribution in [3.63, 3.8) is 0 Å². The lowest BCUT2D eigenvalue weighted by Gasteiger charge is -2.58.